The highest BCUT2D eigenvalue weighted by Crippen LogP contribution is 2.22. The molecule has 4 heteroatoms. The van der Waals surface area contributed by atoms with E-state index < -0.39 is 0 Å². The maximum Gasteiger partial charge on any atom is 0.0794 e. The van der Waals surface area contributed by atoms with Crippen LogP contribution >= 0.6 is 11.3 Å². The summed E-state index contributed by atoms with van der Waals surface area (Å²) >= 11 is 1.73. The SMILES string of the molecule is COCCNCC(Cc1cncs1)c1ccc(C)cc1. The molecule has 0 radical (unpaired) electrons. The highest BCUT2D eigenvalue weighted by Gasteiger charge is 2.13. The van der Waals surface area contributed by atoms with E-state index in [0.29, 0.717) is 5.92 Å². The molecule has 0 aliphatic rings. The van der Waals surface area contributed by atoms with Crippen molar-refractivity contribution in [2.75, 3.05) is 26.8 Å². The van der Waals surface area contributed by atoms with Crippen molar-refractivity contribution in [3.05, 3.63) is 52.0 Å². The average Bonchev–Trinajstić information content (AvgIpc) is 2.96. The molecular weight excluding hydrogens is 268 g/mol. The lowest BCUT2D eigenvalue weighted by Gasteiger charge is -2.17. The molecule has 2 aromatic rings. The minimum absolute atomic E-state index is 0.480. The average molecular weight is 290 g/mol. The summed E-state index contributed by atoms with van der Waals surface area (Å²) in [4.78, 5) is 5.51. The third-order valence-electron chi connectivity index (χ3n) is 3.35. The Morgan fingerprint density at radius 2 is 2.10 bits per heavy atom. The van der Waals surface area contributed by atoms with E-state index >= 15 is 0 Å². The molecule has 1 unspecified atom stereocenters. The van der Waals surface area contributed by atoms with Crippen LogP contribution in [0, 0.1) is 6.92 Å². The number of nitrogens with one attached hydrogen (secondary N) is 1. The van der Waals surface area contributed by atoms with Gasteiger partial charge in [-0.2, -0.15) is 0 Å². The van der Waals surface area contributed by atoms with Crippen LogP contribution in [0.4, 0.5) is 0 Å². The normalized spacial score (nSPS) is 12.5. The van der Waals surface area contributed by atoms with Crippen molar-refractivity contribution in [3.8, 4) is 0 Å². The fourth-order valence-electron chi connectivity index (χ4n) is 2.18. The molecule has 1 aromatic carbocycles. The summed E-state index contributed by atoms with van der Waals surface area (Å²) < 4.78 is 5.08. The van der Waals surface area contributed by atoms with Gasteiger partial charge in [0.15, 0.2) is 0 Å². The first-order valence-electron chi connectivity index (χ1n) is 6.93. The maximum atomic E-state index is 5.08. The lowest BCUT2D eigenvalue weighted by atomic mass is 9.94. The van der Waals surface area contributed by atoms with Crippen LogP contribution in [0.25, 0.3) is 0 Å². The van der Waals surface area contributed by atoms with Crippen molar-refractivity contribution in [2.24, 2.45) is 0 Å². The second kappa shape index (κ2) is 8.15. The van der Waals surface area contributed by atoms with Crippen LogP contribution in [-0.4, -0.2) is 31.8 Å². The second-order valence-corrected chi connectivity index (χ2v) is 5.95. The van der Waals surface area contributed by atoms with E-state index in [4.69, 9.17) is 4.74 Å². The highest BCUT2D eigenvalue weighted by molar-refractivity contribution is 7.09. The van der Waals surface area contributed by atoms with Crippen molar-refractivity contribution in [3.63, 3.8) is 0 Å². The molecule has 1 aromatic heterocycles. The number of hydrogen-bond acceptors (Lipinski definition) is 4. The maximum absolute atomic E-state index is 5.08. The molecule has 0 fully saturated rings. The fourth-order valence-corrected chi connectivity index (χ4v) is 2.86. The zero-order valence-electron chi connectivity index (χ0n) is 12.1. The molecule has 0 amide bonds. The van der Waals surface area contributed by atoms with Crippen molar-refractivity contribution < 1.29 is 4.74 Å². The third kappa shape index (κ3) is 4.71. The predicted octanol–water partition coefficient (Wildman–Crippen LogP) is 3.01. The topological polar surface area (TPSA) is 34.1 Å². The lowest BCUT2D eigenvalue weighted by molar-refractivity contribution is 0.199. The molecule has 0 aliphatic carbocycles. The van der Waals surface area contributed by atoms with Gasteiger partial charge in [-0.3, -0.25) is 4.98 Å². The van der Waals surface area contributed by atoms with Crippen molar-refractivity contribution >= 4 is 11.3 Å². The highest BCUT2D eigenvalue weighted by atomic mass is 32.1. The van der Waals surface area contributed by atoms with Gasteiger partial charge in [0.25, 0.3) is 0 Å². The Morgan fingerprint density at radius 3 is 2.75 bits per heavy atom. The summed E-state index contributed by atoms with van der Waals surface area (Å²) in [6.45, 7) is 4.73. The number of rotatable bonds is 8. The summed E-state index contributed by atoms with van der Waals surface area (Å²) in [5.41, 5.74) is 4.59. The van der Waals surface area contributed by atoms with Crippen molar-refractivity contribution in [2.45, 2.75) is 19.3 Å². The number of aromatic nitrogens is 1. The Bertz CT molecular complexity index is 482. The summed E-state index contributed by atoms with van der Waals surface area (Å²) in [5, 5.41) is 3.47. The van der Waals surface area contributed by atoms with Crippen LogP contribution in [0.1, 0.15) is 21.9 Å². The molecule has 0 aliphatic heterocycles. The van der Waals surface area contributed by atoms with Gasteiger partial charge in [0.1, 0.15) is 0 Å². The number of ether oxygens (including phenoxy) is 1. The Hall–Kier alpha value is -1.23. The first-order valence-corrected chi connectivity index (χ1v) is 7.81. The Labute approximate surface area is 125 Å². The van der Waals surface area contributed by atoms with E-state index in [-0.39, 0.29) is 0 Å². The van der Waals surface area contributed by atoms with E-state index in [0.717, 1.165) is 26.1 Å². The van der Waals surface area contributed by atoms with Crippen molar-refractivity contribution in [1.29, 1.82) is 0 Å². The third-order valence-corrected chi connectivity index (χ3v) is 4.16. The molecule has 0 saturated heterocycles. The molecule has 0 spiro atoms. The van der Waals surface area contributed by atoms with Gasteiger partial charge in [0.05, 0.1) is 12.1 Å². The number of thiazole rings is 1. The molecule has 3 nitrogen and oxygen atoms in total. The van der Waals surface area contributed by atoms with E-state index in [1.807, 2.05) is 11.7 Å². The smallest absolute Gasteiger partial charge is 0.0794 e. The number of hydrogen-bond donors (Lipinski definition) is 1. The van der Waals surface area contributed by atoms with E-state index in [1.54, 1.807) is 18.4 Å². The van der Waals surface area contributed by atoms with Gasteiger partial charge in [0, 0.05) is 37.2 Å². The molecular formula is C16H22N2OS. The second-order valence-electron chi connectivity index (χ2n) is 4.98. The van der Waals surface area contributed by atoms with Gasteiger partial charge in [-0.1, -0.05) is 29.8 Å². The molecule has 1 N–H and O–H groups in total. The van der Waals surface area contributed by atoms with Gasteiger partial charge in [-0.15, -0.1) is 11.3 Å². The number of aryl methyl sites for hydroxylation is 1. The fraction of sp³-hybridized carbons (Fsp3) is 0.438. The lowest BCUT2D eigenvalue weighted by Crippen LogP contribution is -2.26. The number of methoxy groups -OCH3 is 1. The summed E-state index contributed by atoms with van der Waals surface area (Å²) in [5.74, 6) is 0.480. The minimum atomic E-state index is 0.480. The quantitative estimate of drug-likeness (QED) is 0.759. The Kier molecular flexibility index (Phi) is 6.18. The van der Waals surface area contributed by atoms with E-state index in [2.05, 4.69) is 41.5 Å². The monoisotopic (exact) mass is 290 g/mol. The summed E-state index contributed by atoms with van der Waals surface area (Å²) in [6.07, 6.45) is 3.01. The van der Waals surface area contributed by atoms with Crippen LogP contribution in [0.2, 0.25) is 0 Å². The molecule has 0 saturated carbocycles. The van der Waals surface area contributed by atoms with Crippen LogP contribution < -0.4 is 5.32 Å². The van der Waals surface area contributed by atoms with Crippen LogP contribution in [0.15, 0.2) is 36.0 Å². The minimum Gasteiger partial charge on any atom is -0.383 e. The molecule has 1 atom stereocenters. The molecule has 20 heavy (non-hydrogen) atoms. The largest absolute Gasteiger partial charge is 0.383 e. The predicted molar refractivity (Wildman–Crippen MR) is 84.5 cm³/mol. The molecule has 108 valence electrons. The molecule has 2 rings (SSSR count). The standard InChI is InChI=1S/C16H22N2OS/c1-13-3-5-14(6-4-13)15(10-17-7-8-19-2)9-16-11-18-12-20-16/h3-6,11-12,15,17H,7-10H2,1-2H3. The first-order chi connectivity index (χ1) is 9.79. The van der Waals surface area contributed by atoms with Crippen LogP contribution in [0.3, 0.4) is 0 Å². The number of benzene rings is 1. The number of nitrogens with zero attached hydrogens (tertiary/aromatic N) is 1. The molecule has 0 bridgehead atoms. The van der Waals surface area contributed by atoms with Gasteiger partial charge >= 0.3 is 0 Å². The van der Waals surface area contributed by atoms with Crippen molar-refractivity contribution in [1.82, 2.24) is 10.3 Å². The summed E-state index contributed by atoms with van der Waals surface area (Å²) in [7, 11) is 1.73. The van der Waals surface area contributed by atoms with Gasteiger partial charge in [0.2, 0.25) is 0 Å². The zero-order chi connectivity index (χ0) is 14.2. The Balaban J connectivity index is 2.00. The zero-order valence-corrected chi connectivity index (χ0v) is 13.0. The van der Waals surface area contributed by atoms with Gasteiger partial charge < -0.3 is 10.1 Å². The van der Waals surface area contributed by atoms with E-state index in [9.17, 15) is 0 Å². The van der Waals surface area contributed by atoms with Crippen LogP contribution in [-0.2, 0) is 11.2 Å². The Morgan fingerprint density at radius 1 is 1.30 bits per heavy atom. The molecule has 1 heterocycles. The van der Waals surface area contributed by atoms with Gasteiger partial charge in [-0.05, 0) is 18.9 Å². The van der Waals surface area contributed by atoms with Crippen LogP contribution in [0.5, 0.6) is 0 Å². The van der Waals surface area contributed by atoms with E-state index in [1.165, 1.54) is 16.0 Å². The summed E-state index contributed by atoms with van der Waals surface area (Å²) in [6, 6.07) is 8.84. The first kappa shape index (κ1) is 15.2. The van der Waals surface area contributed by atoms with Gasteiger partial charge in [-0.25, -0.2) is 0 Å².